The highest BCUT2D eigenvalue weighted by molar-refractivity contribution is 5.53. The number of likely N-dealkylation sites (N-methyl/N-ethyl adjacent to an activating group) is 1. The van der Waals surface area contributed by atoms with E-state index in [9.17, 15) is 0 Å². The highest BCUT2D eigenvalue weighted by Crippen LogP contribution is 2.29. The Labute approximate surface area is 133 Å². The molecular formula is C17H28N4O. The molecule has 1 fully saturated rings. The second kappa shape index (κ2) is 7.42. The smallest absolute Gasteiger partial charge is 0.0981 e. The average Bonchev–Trinajstić information content (AvgIpc) is 2.55. The van der Waals surface area contributed by atoms with Crippen molar-refractivity contribution < 1.29 is 4.84 Å². The molecule has 0 bridgehead atoms. The van der Waals surface area contributed by atoms with E-state index in [1.54, 1.807) is 0 Å². The lowest BCUT2D eigenvalue weighted by molar-refractivity contribution is 0.0341. The first-order valence-corrected chi connectivity index (χ1v) is 8.32. The third-order valence-electron chi connectivity index (χ3n) is 4.55. The van der Waals surface area contributed by atoms with Crippen molar-refractivity contribution in [3.63, 3.8) is 0 Å². The average molecular weight is 304 g/mol. The van der Waals surface area contributed by atoms with Crippen LogP contribution in [0.3, 0.4) is 0 Å². The lowest BCUT2D eigenvalue weighted by atomic mass is 10.0. The van der Waals surface area contributed by atoms with Gasteiger partial charge in [0, 0.05) is 19.1 Å². The lowest BCUT2D eigenvalue weighted by Crippen LogP contribution is -2.50. The Bertz CT molecular complexity index is 473. The Morgan fingerprint density at radius 3 is 2.77 bits per heavy atom. The van der Waals surface area contributed by atoms with Gasteiger partial charge >= 0.3 is 0 Å². The quantitative estimate of drug-likeness (QED) is 0.891. The maximum atomic E-state index is 6.08. The zero-order chi connectivity index (χ0) is 15.4. The number of anilines is 1. The molecule has 122 valence electrons. The number of benzene rings is 1. The second-order valence-corrected chi connectivity index (χ2v) is 6.51. The largest absolute Gasteiger partial charge is 0.317 e. The third kappa shape index (κ3) is 3.79. The van der Waals surface area contributed by atoms with Crippen LogP contribution in [0.2, 0.25) is 0 Å². The van der Waals surface area contributed by atoms with Crippen LogP contribution in [-0.2, 0) is 11.4 Å². The van der Waals surface area contributed by atoms with E-state index < -0.39 is 0 Å². The minimum atomic E-state index is 0.662. The van der Waals surface area contributed by atoms with Gasteiger partial charge in [0.1, 0.15) is 0 Å². The zero-order valence-corrected chi connectivity index (χ0v) is 13.8. The van der Waals surface area contributed by atoms with E-state index in [0.717, 1.165) is 39.5 Å². The highest BCUT2D eigenvalue weighted by atomic mass is 16.7. The van der Waals surface area contributed by atoms with Crippen LogP contribution in [0.15, 0.2) is 24.3 Å². The summed E-state index contributed by atoms with van der Waals surface area (Å²) >= 11 is 0. The van der Waals surface area contributed by atoms with Crippen LogP contribution in [0, 0.1) is 0 Å². The summed E-state index contributed by atoms with van der Waals surface area (Å²) in [6, 6.07) is 9.29. The predicted molar refractivity (Wildman–Crippen MR) is 89.7 cm³/mol. The number of hydroxylamine groups is 1. The topological polar surface area (TPSA) is 31.0 Å². The summed E-state index contributed by atoms with van der Waals surface area (Å²) in [5, 5.41) is 5.54. The van der Waals surface area contributed by atoms with E-state index in [0.29, 0.717) is 6.04 Å². The number of nitrogens with zero attached hydrogens (tertiary/aromatic N) is 3. The summed E-state index contributed by atoms with van der Waals surface area (Å²) in [6.45, 7) is 5.82. The molecule has 0 radical (unpaired) electrons. The van der Waals surface area contributed by atoms with Gasteiger partial charge in [-0.3, -0.25) is 9.74 Å². The van der Waals surface area contributed by atoms with Crippen LogP contribution in [0.4, 0.5) is 5.69 Å². The number of para-hydroxylation sites is 1. The fraction of sp³-hybridized carbons (Fsp3) is 0.647. The molecule has 0 saturated carbocycles. The van der Waals surface area contributed by atoms with Crippen molar-refractivity contribution in [2.45, 2.75) is 25.4 Å². The van der Waals surface area contributed by atoms with E-state index in [2.05, 4.69) is 58.5 Å². The van der Waals surface area contributed by atoms with Gasteiger partial charge in [-0.2, -0.15) is 0 Å². The molecule has 1 aromatic rings. The van der Waals surface area contributed by atoms with Crippen LogP contribution in [0.1, 0.15) is 18.4 Å². The fourth-order valence-electron chi connectivity index (χ4n) is 3.26. The van der Waals surface area contributed by atoms with Crippen molar-refractivity contribution in [2.75, 3.05) is 52.1 Å². The SMILES string of the molecule is CN(C)CCON1CN(C2CCNCC2)Cc2ccccc21. The molecule has 0 aliphatic carbocycles. The minimum Gasteiger partial charge on any atom is -0.317 e. The lowest BCUT2D eigenvalue weighted by Gasteiger charge is -2.42. The van der Waals surface area contributed by atoms with Gasteiger partial charge in [0.15, 0.2) is 0 Å². The van der Waals surface area contributed by atoms with E-state index >= 15 is 0 Å². The van der Waals surface area contributed by atoms with Crippen molar-refractivity contribution in [1.82, 2.24) is 15.1 Å². The van der Waals surface area contributed by atoms with E-state index in [4.69, 9.17) is 4.84 Å². The molecule has 5 nitrogen and oxygen atoms in total. The number of hydrogen-bond donors (Lipinski definition) is 1. The van der Waals surface area contributed by atoms with Crippen LogP contribution < -0.4 is 10.4 Å². The van der Waals surface area contributed by atoms with Gasteiger partial charge in [0.25, 0.3) is 0 Å². The van der Waals surface area contributed by atoms with Crippen molar-refractivity contribution in [1.29, 1.82) is 0 Å². The number of rotatable bonds is 5. The van der Waals surface area contributed by atoms with E-state index in [1.165, 1.54) is 24.1 Å². The highest BCUT2D eigenvalue weighted by Gasteiger charge is 2.28. The first-order valence-electron chi connectivity index (χ1n) is 8.32. The van der Waals surface area contributed by atoms with Crippen molar-refractivity contribution >= 4 is 5.69 Å². The molecular weight excluding hydrogens is 276 g/mol. The maximum absolute atomic E-state index is 6.08. The Kier molecular flexibility index (Phi) is 5.31. The van der Waals surface area contributed by atoms with Crippen LogP contribution in [0.5, 0.6) is 0 Å². The molecule has 22 heavy (non-hydrogen) atoms. The molecule has 3 rings (SSSR count). The Morgan fingerprint density at radius 2 is 2.00 bits per heavy atom. The zero-order valence-electron chi connectivity index (χ0n) is 13.8. The Hall–Kier alpha value is -1.14. The summed E-state index contributed by atoms with van der Waals surface area (Å²) in [5.74, 6) is 0. The summed E-state index contributed by atoms with van der Waals surface area (Å²) < 4.78 is 0. The van der Waals surface area contributed by atoms with Crippen LogP contribution in [0.25, 0.3) is 0 Å². The molecule has 2 heterocycles. The van der Waals surface area contributed by atoms with Gasteiger partial charge in [-0.15, -0.1) is 0 Å². The first kappa shape index (κ1) is 15.7. The standard InChI is InChI=1S/C17H28N4O/c1-19(2)11-12-22-21-14-20(16-7-9-18-10-8-16)13-15-5-3-4-6-17(15)21/h3-6,16,18H,7-14H2,1-2H3. The fourth-order valence-corrected chi connectivity index (χ4v) is 3.26. The molecule has 2 aliphatic rings. The number of piperidine rings is 1. The van der Waals surface area contributed by atoms with Crippen LogP contribution in [-0.4, -0.2) is 62.8 Å². The van der Waals surface area contributed by atoms with Crippen LogP contribution >= 0.6 is 0 Å². The van der Waals surface area contributed by atoms with Gasteiger partial charge < -0.3 is 10.2 Å². The first-order chi connectivity index (χ1) is 10.7. The van der Waals surface area contributed by atoms with Gasteiger partial charge in [-0.1, -0.05) is 18.2 Å². The Balaban J connectivity index is 1.69. The molecule has 2 aliphatic heterocycles. The number of fused-ring (bicyclic) bond motifs is 1. The predicted octanol–water partition coefficient (Wildman–Crippen LogP) is 1.51. The molecule has 1 saturated heterocycles. The van der Waals surface area contributed by atoms with Gasteiger partial charge in [-0.25, -0.2) is 5.06 Å². The molecule has 0 aromatic heterocycles. The number of nitrogens with one attached hydrogen (secondary N) is 1. The van der Waals surface area contributed by atoms with Crippen molar-refractivity contribution in [2.24, 2.45) is 0 Å². The summed E-state index contributed by atoms with van der Waals surface area (Å²) in [4.78, 5) is 10.8. The summed E-state index contributed by atoms with van der Waals surface area (Å²) in [6.07, 6.45) is 2.46. The molecule has 5 heteroatoms. The Morgan fingerprint density at radius 1 is 1.23 bits per heavy atom. The van der Waals surface area contributed by atoms with Gasteiger partial charge in [0.05, 0.1) is 19.0 Å². The third-order valence-corrected chi connectivity index (χ3v) is 4.55. The summed E-state index contributed by atoms with van der Waals surface area (Å²) in [5.41, 5.74) is 2.60. The van der Waals surface area contributed by atoms with Gasteiger partial charge in [0.2, 0.25) is 0 Å². The summed E-state index contributed by atoms with van der Waals surface area (Å²) in [7, 11) is 4.16. The molecule has 1 N–H and O–H groups in total. The molecule has 0 amide bonds. The normalized spacial score (nSPS) is 20.4. The number of hydrogen-bond acceptors (Lipinski definition) is 5. The molecule has 0 atom stereocenters. The van der Waals surface area contributed by atoms with Gasteiger partial charge in [-0.05, 0) is 51.7 Å². The van der Waals surface area contributed by atoms with Crippen molar-refractivity contribution in [3.8, 4) is 0 Å². The monoisotopic (exact) mass is 304 g/mol. The molecule has 1 aromatic carbocycles. The molecule has 0 unspecified atom stereocenters. The van der Waals surface area contributed by atoms with E-state index in [-0.39, 0.29) is 0 Å². The minimum absolute atomic E-state index is 0.662. The second-order valence-electron chi connectivity index (χ2n) is 6.51. The molecule has 0 spiro atoms. The maximum Gasteiger partial charge on any atom is 0.0981 e. The van der Waals surface area contributed by atoms with E-state index in [1.807, 2.05) is 0 Å². The van der Waals surface area contributed by atoms with Crippen molar-refractivity contribution in [3.05, 3.63) is 29.8 Å².